The van der Waals surface area contributed by atoms with Gasteiger partial charge in [-0.1, -0.05) is 24.3 Å². The average Bonchev–Trinajstić information content (AvgIpc) is 3.41. The van der Waals surface area contributed by atoms with E-state index in [1.54, 1.807) is 50.2 Å². The summed E-state index contributed by atoms with van der Waals surface area (Å²) in [5, 5.41) is 2.61. The van der Waals surface area contributed by atoms with Crippen LogP contribution in [0, 0.1) is 0 Å². The molecule has 1 fully saturated rings. The van der Waals surface area contributed by atoms with E-state index in [4.69, 9.17) is 4.74 Å². The summed E-state index contributed by atoms with van der Waals surface area (Å²) >= 11 is 0. The lowest BCUT2D eigenvalue weighted by Gasteiger charge is -2.28. The summed E-state index contributed by atoms with van der Waals surface area (Å²) in [6.45, 7) is 3.13. The Bertz CT molecular complexity index is 1080. The molecule has 2 aromatic carbocycles. The van der Waals surface area contributed by atoms with Crippen LogP contribution in [-0.4, -0.2) is 62.7 Å². The molecule has 0 saturated carbocycles. The van der Waals surface area contributed by atoms with E-state index in [-0.39, 0.29) is 23.1 Å². The van der Waals surface area contributed by atoms with Gasteiger partial charge in [0, 0.05) is 33.1 Å². The van der Waals surface area contributed by atoms with Crippen LogP contribution in [0.25, 0.3) is 0 Å². The zero-order chi connectivity index (χ0) is 24.7. The van der Waals surface area contributed by atoms with E-state index in [0.29, 0.717) is 26.1 Å². The van der Waals surface area contributed by atoms with Crippen molar-refractivity contribution in [3.63, 3.8) is 0 Å². The molecule has 8 nitrogen and oxygen atoms in total. The Morgan fingerprint density at radius 1 is 1.03 bits per heavy atom. The zero-order valence-corrected chi connectivity index (χ0v) is 20.8. The summed E-state index contributed by atoms with van der Waals surface area (Å²) < 4.78 is 32.1. The second-order valence-electron chi connectivity index (χ2n) is 8.42. The summed E-state index contributed by atoms with van der Waals surface area (Å²) in [5.41, 5.74) is 1.76. The summed E-state index contributed by atoms with van der Waals surface area (Å²) in [5.74, 6) is 0.329. The molecule has 0 radical (unpaired) electrons. The van der Waals surface area contributed by atoms with Crippen molar-refractivity contribution in [2.24, 2.45) is 0 Å². The van der Waals surface area contributed by atoms with Crippen molar-refractivity contribution in [2.45, 2.75) is 50.1 Å². The summed E-state index contributed by atoms with van der Waals surface area (Å²) in [6, 6.07) is 13.5. The third kappa shape index (κ3) is 6.15. The quantitative estimate of drug-likeness (QED) is 0.556. The van der Waals surface area contributed by atoms with E-state index in [0.717, 1.165) is 29.7 Å². The predicted octanol–water partition coefficient (Wildman–Crippen LogP) is 2.58. The first-order valence-electron chi connectivity index (χ1n) is 11.5. The number of sulfonamides is 1. The van der Waals surface area contributed by atoms with E-state index < -0.39 is 16.1 Å². The van der Waals surface area contributed by atoms with Gasteiger partial charge in [-0.2, -0.15) is 4.31 Å². The highest BCUT2D eigenvalue weighted by atomic mass is 32.2. The van der Waals surface area contributed by atoms with Crippen LogP contribution in [0.4, 0.5) is 0 Å². The number of rotatable bonds is 10. The molecule has 9 heteroatoms. The van der Waals surface area contributed by atoms with Gasteiger partial charge in [0.05, 0.1) is 12.0 Å². The Labute approximate surface area is 201 Å². The normalized spacial score (nSPS) is 15.0. The van der Waals surface area contributed by atoms with Crippen LogP contribution in [0.15, 0.2) is 53.4 Å². The molecule has 2 amide bonds. The lowest BCUT2D eigenvalue weighted by Crippen LogP contribution is -2.46. The van der Waals surface area contributed by atoms with Crippen molar-refractivity contribution in [3.05, 3.63) is 59.7 Å². The SMILES string of the molecule is CNC(=O)[C@@H](C)N(Cc1ccc(OC)cc1)C(=O)CCc1ccc(S(=O)(=O)N2CCCC2)cc1. The molecule has 0 aliphatic carbocycles. The minimum Gasteiger partial charge on any atom is -0.497 e. The fourth-order valence-corrected chi connectivity index (χ4v) is 5.54. The Morgan fingerprint density at radius 2 is 1.62 bits per heavy atom. The topological polar surface area (TPSA) is 96.0 Å². The zero-order valence-electron chi connectivity index (χ0n) is 20.0. The van der Waals surface area contributed by atoms with Crippen LogP contribution in [0.1, 0.15) is 37.3 Å². The number of hydrogen-bond donors (Lipinski definition) is 1. The highest BCUT2D eigenvalue weighted by Gasteiger charge is 2.27. The Balaban J connectivity index is 1.67. The highest BCUT2D eigenvalue weighted by Crippen LogP contribution is 2.22. The number of hydrogen-bond acceptors (Lipinski definition) is 5. The van der Waals surface area contributed by atoms with Crippen LogP contribution >= 0.6 is 0 Å². The number of ether oxygens (including phenoxy) is 1. The maximum absolute atomic E-state index is 13.1. The van der Waals surface area contributed by atoms with Gasteiger partial charge < -0.3 is 15.0 Å². The smallest absolute Gasteiger partial charge is 0.243 e. The first-order valence-corrected chi connectivity index (χ1v) is 12.9. The first kappa shape index (κ1) is 25.7. The van der Waals surface area contributed by atoms with Gasteiger partial charge >= 0.3 is 0 Å². The summed E-state index contributed by atoms with van der Waals surface area (Å²) in [4.78, 5) is 27.2. The number of likely N-dealkylation sites (N-methyl/N-ethyl adjacent to an activating group) is 1. The van der Waals surface area contributed by atoms with E-state index in [2.05, 4.69) is 5.32 Å². The van der Waals surface area contributed by atoms with Gasteiger partial charge in [-0.3, -0.25) is 9.59 Å². The molecule has 3 rings (SSSR count). The van der Waals surface area contributed by atoms with Gasteiger partial charge in [-0.15, -0.1) is 0 Å². The van der Waals surface area contributed by atoms with Crippen molar-refractivity contribution in [1.29, 1.82) is 0 Å². The van der Waals surface area contributed by atoms with Crippen molar-refractivity contribution in [1.82, 2.24) is 14.5 Å². The molecule has 34 heavy (non-hydrogen) atoms. The van der Waals surface area contributed by atoms with E-state index in [9.17, 15) is 18.0 Å². The van der Waals surface area contributed by atoms with Gasteiger partial charge in [0.15, 0.2) is 0 Å². The van der Waals surface area contributed by atoms with Crippen molar-refractivity contribution >= 4 is 21.8 Å². The van der Waals surface area contributed by atoms with Crippen molar-refractivity contribution < 1.29 is 22.7 Å². The average molecular weight is 488 g/mol. The van der Waals surface area contributed by atoms with Gasteiger partial charge in [-0.25, -0.2) is 8.42 Å². The Morgan fingerprint density at radius 3 is 2.18 bits per heavy atom. The number of carbonyl (C=O) groups is 2. The largest absolute Gasteiger partial charge is 0.497 e. The second kappa shape index (κ2) is 11.5. The molecule has 1 N–H and O–H groups in total. The predicted molar refractivity (Wildman–Crippen MR) is 130 cm³/mol. The standard InChI is InChI=1S/C25H33N3O5S/c1-19(25(30)26-2)28(18-21-6-11-22(33-3)12-7-21)24(29)15-10-20-8-13-23(14-9-20)34(31,32)27-16-4-5-17-27/h6-9,11-14,19H,4-5,10,15-18H2,1-3H3,(H,26,30)/t19-/m1/s1. The highest BCUT2D eigenvalue weighted by molar-refractivity contribution is 7.89. The summed E-state index contributed by atoms with van der Waals surface area (Å²) in [6.07, 6.45) is 2.43. The maximum atomic E-state index is 13.1. The number of nitrogens with one attached hydrogen (secondary N) is 1. The number of amides is 2. The number of methoxy groups -OCH3 is 1. The van der Waals surface area contributed by atoms with E-state index in [1.807, 2.05) is 24.3 Å². The third-order valence-corrected chi connectivity index (χ3v) is 8.09. The molecule has 1 heterocycles. The minimum absolute atomic E-state index is 0.152. The Hall–Kier alpha value is -2.91. The third-order valence-electron chi connectivity index (χ3n) is 6.18. The van der Waals surface area contributed by atoms with Crippen molar-refractivity contribution in [3.8, 4) is 5.75 Å². The van der Waals surface area contributed by atoms with Gasteiger partial charge in [0.25, 0.3) is 0 Å². The lowest BCUT2D eigenvalue weighted by atomic mass is 10.1. The molecule has 0 aromatic heterocycles. The fraction of sp³-hybridized carbons (Fsp3) is 0.440. The minimum atomic E-state index is -3.46. The van der Waals surface area contributed by atoms with Crippen LogP contribution in [-0.2, 0) is 32.6 Å². The van der Waals surface area contributed by atoms with E-state index in [1.165, 1.54) is 4.31 Å². The van der Waals surface area contributed by atoms with Crippen LogP contribution in [0.2, 0.25) is 0 Å². The number of carbonyl (C=O) groups excluding carboxylic acids is 2. The fourth-order valence-electron chi connectivity index (χ4n) is 4.02. The van der Waals surface area contributed by atoms with Crippen LogP contribution < -0.4 is 10.1 Å². The number of aryl methyl sites for hydroxylation is 1. The lowest BCUT2D eigenvalue weighted by molar-refractivity contribution is -0.140. The number of nitrogens with zero attached hydrogens (tertiary/aromatic N) is 2. The van der Waals surface area contributed by atoms with Crippen LogP contribution in [0.3, 0.4) is 0 Å². The molecular formula is C25H33N3O5S. The molecule has 1 aliphatic heterocycles. The van der Waals surface area contributed by atoms with Gasteiger partial charge in [0.2, 0.25) is 21.8 Å². The molecule has 0 spiro atoms. The molecule has 2 aromatic rings. The molecule has 1 atom stereocenters. The number of benzene rings is 2. The molecule has 184 valence electrons. The first-order chi connectivity index (χ1) is 16.3. The van der Waals surface area contributed by atoms with Gasteiger partial charge in [0.1, 0.15) is 11.8 Å². The van der Waals surface area contributed by atoms with E-state index >= 15 is 0 Å². The monoisotopic (exact) mass is 487 g/mol. The van der Waals surface area contributed by atoms with Crippen LogP contribution in [0.5, 0.6) is 5.75 Å². The molecule has 0 bridgehead atoms. The molecule has 1 saturated heterocycles. The Kier molecular flexibility index (Phi) is 8.68. The second-order valence-corrected chi connectivity index (χ2v) is 10.4. The molecular weight excluding hydrogens is 454 g/mol. The molecule has 1 aliphatic rings. The van der Waals surface area contributed by atoms with Crippen molar-refractivity contribution in [2.75, 3.05) is 27.2 Å². The summed E-state index contributed by atoms with van der Waals surface area (Å²) in [7, 11) is -0.320. The molecule has 0 unspecified atom stereocenters. The van der Waals surface area contributed by atoms with Gasteiger partial charge in [-0.05, 0) is 61.6 Å². The maximum Gasteiger partial charge on any atom is 0.243 e.